The summed E-state index contributed by atoms with van der Waals surface area (Å²) in [4.78, 5) is 10.4. The van der Waals surface area contributed by atoms with E-state index in [-0.39, 0.29) is 23.6 Å². The highest BCUT2D eigenvalue weighted by Gasteiger charge is 2.14. The number of hydrogen-bond acceptors (Lipinski definition) is 4. The normalized spacial score (nSPS) is 9.95. The monoisotopic (exact) mass is 286 g/mol. The summed E-state index contributed by atoms with van der Waals surface area (Å²) in [6.07, 6.45) is 0. The van der Waals surface area contributed by atoms with Crippen LogP contribution in [0.4, 0.5) is 10.1 Å². The first-order valence-electron chi connectivity index (χ1n) is 6.08. The third-order valence-corrected chi connectivity index (χ3v) is 3.06. The zero-order valence-electron chi connectivity index (χ0n) is 11.2. The third-order valence-electron chi connectivity index (χ3n) is 3.06. The quantitative estimate of drug-likeness (QED) is 0.636. The highest BCUT2D eigenvalue weighted by molar-refractivity contribution is 5.44. The van der Waals surface area contributed by atoms with Crippen LogP contribution in [-0.4, -0.2) is 4.92 Å². The molecule has 0 N–H and O–H groups in total. The van der Waals surface area contributed by atoms with Crippen LogP contribution in [0.15, 0.2) is 36.4 Å². The van der Waals surface area contributed by atoms with Crippen molar-refractivity contribution in [3.05, 3.63) is 69.0 Å². The highest BCUT2D eigenvalue weighted by atomic mass is 19.1. The lowest BCUT2D eigenvalue weighted by Crippen LogP contribution is -2.02. The average molecular weight is 286 g/mol. The van der Waals surface area contributed by atoms with Gasteiger partial charge in [0.2, 0.25) is 0 Å². The van der Waals surface area contributed by atoms with Gasteiger partial charge in [-0.2, -0.15) is 5.26 Å². The number of nitro benzene ring substituents is 1. The van der Waals surface area contributed by atoms with Crippen molar-refractivity contribution in [2.45, 2.75) is 13.5 Å². The second-order valence-electron chi connectivity index (χ2n) is 4.36. The van der Waals surface area contributed by atoms with E-state index in [2.05, 4.69) is 0 Å². The molecule has 0 atom stereocenters. The van der Waals surface area contributed by atoms with Crippen LogP contribution in [0.5, 0.6) is 5.75 Å². The van der Waals surface area contributed by atoms with E-state index in [0.29, 0.717) is 11.1 Å². The fraction of sp³-hybridized carbons (Fsp3) is 0.133. The third kappa shape index (κ3) is 3.15. The SMILES string of the molecule is Cc1c(COc2ccc(C#N)cc2F)cccc1[N+](=O)[O-]. The molecular weight excluding hydrogens is 275 g/mol. The van der Waals surface area contributed by atoms with E-state index >= 15 is 0 Å². The molecule has 0 saturated carbocycles. The van der Waals surface area contributed by atoms with Gasteiger partial charge in [0.1, 0.15) is 6.61 Å². The number of hydrogen-bond donors (Lipinski definition) is 0. The van der Waals surface area contributed by atoms with Gasteiger partial charge in [-0.1, -0.05) is 12.1 Å². The molecule has 0 spiro atoms. The van der Waals surface area contributed by atoms with Crippen LogP contribution >= 0.6 is 0 Å². The van der Waals surface area contributed by atoms with Crippen LogP contribution < -0.4 is 4.74 Å². The van der Waals surface area contributed by atoms with Gasteiger partial charge in [-0.15, -0.1) is 0 Å². The Morgan fingerprint density at radius 2 is 2.14 bits per heavy atom. The molecule has 0 aromatic heterocycles. The van der Waals surface area contributed by atoms with Crippen molar-refractivity contribution in [3.63, 3.8) is 0 Å². The minimum atomic E-state index is -0.642. The molecule has 2 aromatic carbocycles. The Morgan fingerprint density at radius 1 is 1.38 bits per heavy atom. The lowest BCUT2D eigenvalue weighted by Gasteiger charge is -2.09. The van der Waals surface area contributed by atoms with Gasteiger partial charge in [-0.05, 0) is 30.7 Å². The van der Waals surface area contributed by atoms with Gasteiger partial charge in [0.05, 0.1) is 16.6 Å². The lowest BCUT2D eigenvalue weighted by molar-refractivity contribution is -0.385. The average Bonchev–Trinajstić information content (AvgIpc) is 2.46. The van der Waals surface area contributed by atoms with Crippen LogP contribution in [-0.2, 0) is 6.61 Å². The molecule has 2 rings (SSSR count). The van der Waals surface area contributed by atoms with E-state index < -0.39 is 10.7 Å². The molecule has 0 radical (unpaired) electrons. The molecule has 0 bridgehead atoms. The Balaban J connectivity index is 2.19. The first kappa shape index (κ1) is 14.5. The van der Waals surface area contributed by atoms with Crippen LogP contribution in [0, 0.1) is 34.2 Å². The Kier molecular flexibility index (Phi) is 4.14. The summed E-state index contributed by atoms with van der Waals surface area (Å²) >= 11 is 0. The largest absolute Gasteiger partial charge is 0.486 e. The molecule has 6 heteroatoms. The summed E-state index contributed by atoms with van der Waals surface area (Å²) in [5.74, 6) is -0.642. The maximum Gasteiger partial charge on any atom is 0.272 e. The lowest BCUT2D eigenvalue weighted by atomic mass is 10.1. The number of ether oxygens (including phenoxy) is 1. The van der Waals surface area contributed by atoms with Crippen LogP contribution in [0.2, 0.25) is 0 Å². The van der Waals surface area contributed by atoms with Gasteiger partial charge >= 0.3 is 0 Å². The molecule has 2 aromatic rings. The molecule has 0 heterocycles. The molecule has 0 aliphatic carbocycles. The fourth-order valence-corrected chi connectivity index (χ4v) is 1.87. The zero-order valence-corrected chi connectivity index (χ0v) is 11.2. The molecule has 5 nitrogen and oxygen atoms in total. The Hall–Kier alpha value is -2.94. The minimum absolute atomic E-state index is 0.0000869. The van der Waals surface area contributed by atoms with E-state index in [0.717, 1.165) is 6.07 Å². The number of benzene rings is 2. The van der Waals surface area contributed by atoms with E-state index in [1.54, 1.807) is 19.1 Å². The van der Waals surface area contributed by atoms with E-state index in [1.165, 1.54) is 18.2 Å². The summed E-state index contributed by atoms with van der Waals surface area (Å²) in [7, 11) is 0. The maximum absolute atomic E-state index is 13.7. The van der Waals surface area contributed by atoms with Crippen molar-refractivity contribution in [1.82, 2.24) is 0 Å². The van der Waals surface area contributed by atoms with Gasteiger partial charge in [-0.25, -0.2) is 4.39 Å². The van der Waals surface area contributed by atoms with Crippen molar-refractivity contribution in [3.8, 4) is 11.8 Å². The van der Waals surface area contributed by atoms with Crippen LogP contribution in [0.1, 0.15) is 16.7 Å². The Bertz CT molecular complexity index is 738. The van der Waals surface area contributed by atoms with Gasteiger partial charge in [0, 0.05) is 11.6 Å². The van der Waals surface area contributed by atoms with Gasteiger partial charge < -0.3 is 4.74 Å². The summed E-state index contributed by atoms with van der Waals surface area (Å²) in [6.45, 7) is 1.63. The van der Waals surface area contributed by atoms with Gasteiger partial charge in [0.15, 0.2) is 11.6 Å². The van der Waals surface area contributed by atoms with Crippen molar-refractivity contribution < 1.29 is 14.1 Å². The number of nitriles is 1. The number of nitro groups is 1. The minimum Gasteiger partial charge on any atom is -0.486 e. The molecular formula is C15H11FN2O3. The summed E-state index contributed by atoms with van der Waals surface area (Å²) in [5.41, 5.74) is 1.28. The topological polar surface area (TPSA) is 76.2 Å². The number of rotatable bonds is 4. The molecule has 0 fully saturated rings. The Labute approximate surface area is 120 Å². The van der Waals surface area contributed by atoms with Crippen LogP contribution in [0.25, 0.3) is 0 Å². The van der Waals surface area contributed by atoms with E-state index in [4.69, 9.17) is 10.00 Å². The molecule has 106 valence electrons. The van der Waals surface area contributed by atoms with Gasteiger partial charge in [0.25, 0.3) is 5.69 Å². The first-order chi connectivity index (χ1) is 10.0. The fourth-order valence-electron chi connectivity index (χ4n) is 1.87. The van der Waals surface area contributed by atoms with Crippen molar-refractivity contribution in [2.75, 3.05) is 0 Å². The molecule has 0 aliphatic rings. The van der Waals surface area contributed by atoms with Crippen molar-refractivity contribution in [2.24, 2.45) is 0 Å². The van der Waals surface area contributed by atoms with Crippen molar-refractivity contribution >= 4 is 5.69 Å². The van der Waals surface area contributed by atoms with Crippen molar-refractivity contribution in [1.29, 1.82) is 5.26 Å². The van der Waals surface area contributed by atoms with Crippen LogP contribution in [0.3, 0.4) is 0 Å². The van der Waals surface area contributed by atoms with E-state index in [9.17, 15) is 14.5 Å². The van der Waals surface area contributed by atoms with E-state index in [1.807, 2.05) is 6.07 Å². The molecule has 0 aliphatic heterocycles. The summed E-state index contributed by atoms with van der Waals surface area (Å²) in [6, 6.07) is 10.4. The Morgan fingerprint density at radius 3 is 2.76 bits per heavy atom. The zero-order chi connectivity index (χ0) is 15.4. The predicted molar refractivity (Wildman–Crippen MR) is 73.3 cm³/mol. The molecule has 0 saturated heterocycles. The maximum atomic E-state index is 13.7. The summed E-state index contributed by atoms with van der Waals surface area (Å²) < 4.78 is 19.0. The predicted octanol–water partition coefficient (Wildman–Crippen LogP) is 3.49. The second-order valence-corrected chi connectivity index (χ2v) is 4.36. The highest BCUT2D eigenvalue weighted by Crippen LogP contribution is 2.24. The summed E-state index contributed by atoms with van der Waals surface area (Å²) in [5, 5.41) is 19.5. The van der Waals surface area contributed by atoms with Gasteiger partial charge in [-0.3, -0.25) is 10.1 Å². The first-order valence-corrected chi connectivity index (χ1v) is 6.08. The molecule has 0 unspecified atom stereocenters. The smallest absolute Gasteiger partial charge is 0.272 e. The second kappa shape index (κ2) is 6.01. The molecule has 0 amide bonds. The molecule has 21 heavy (non-hydrogen) atoms. The standard InChI is InChI=1S/C15H11FN2O3/c1-10-12(3-2-4-14(10)18(19)20)9-21-15-6-5-11(8-17)7-13(15)16/h2-7H,9H2,1H3. The number of nitrogens with zero attached hydrogens (tertiary/aromatic N) is 2. The number of halogens is 1.